The molecule has 0 aliphatic carbocycles. The van der Waals surface area contributed by atoms with Crippen molar-refractivity contribution in [2.45, 2.75) is 29.4 Å². The Kier molecular flexibility index (Phi) is 8.04. The van der Waals surface area contributed by atoms with Crippen molar-refractivity contribution in [1.29, 1.82) is 0 Å². The summed E-state index contributed by atoms with van der Waals surface area (Å²) in [5, 5.41) is 22.1. The quantitative estimate of drug-likeness (QED) is 0.125. The molecule has 2 aliphatic rings. The molecule has 2 heterocycles. The van der Waals surface area contributed by atoms with E-state index >= 15 is 0 Å². The van der Waals surface area contributed by atoms with Gasteiger partial charge in [-0.25, -0.2) is 18.5 Å². The number of nitrogens with one attached hydrogen (secondary N) is 1. The van der Waals surface area contributed by atoms with E-state index in [9.17, 15) is 38.4 Å². The molecule has 2 saturated heterocycles. The summed E-state index contributed by atoms with van der Waals surface area (Å²) in [5.41, 5.74) is 0. The minimum Gasteiger partial charge on any atom is -0.387 e. The Balaban J connectivity index is 2.00. The standard InChI is InChI=1S/C9H16BrN2O15P3/c10-3-1-12(9(16)11-7(3)15)8-6(14)5(13)4(25-8)2-24-29(20,21)27-30(22,23)26-28(17,18)19/h3-6,8,13-14H,1-2H2,(H,20,21)(H,22,23)(H,11,15,16)(H2,17,18,19)/t3?,4-,5-,6-,8-/m1/s1. The van der Waals surface area contributed by atoms with Gasteiger partial charge in [-0.05, 0) is 0 Å². The third kappa shape index (κ3) is 6.85. The van der Waals surface area contributed by atoms with Crippen LogP contribution in [0.4, 0.5) is 4.79 Å². The second kappa shape index (κ2) is 9.29. The first-order chi connectivity index (χ1) is 13.5. The minimum atomic E-state index is -5.73. The second-order valence-corrected chi connectivity index (χ2v) is 11.4. The Hall–Kier alpha value is -0.290. The smallest absolute Gasteiger partial charge is 0.387 e. The number of amides is 3. The molecular weight excluding hydrogens is 549 g/mol. The van der Waals surface area contributed by atoms with Gasteiger partial charge in [-0.15, -0.1) is 0 Å². The molecule has 0 spiro atoms. The van der Waals surface area contributed by atoms with E-state index in [4.69, 9.17) is 19.4 Å². The number of rotatable bonds is 8. The number of phosphoric acid groups is 3. The van der Waals surface area contributed by atoms with Gasteiger partial charge in [0.25, 0.3) is 0 Å². The van der Waals surface area contributed by atoms with Crippen LogP contribution < -0.4 is 5.32 Å². The maximum atomic E-state index is 11.9. The van der Waals surface area contributed by atoms with Crippen LogP contribution in [0.1, 0.15) is 0 Å². The van der Waals surface area contributed by atoms with Gasteiger partial charge in [-0.3, -0.25) is 19.5 Å². The molecule has 2 rings (SSSR count). The molecule has 30 heavy (non-hydrogen) atoms. The maximum Gasteiger partial charge on any atom is 0.490 e. The van der Waals surface area contributed by atoms with Crippen molar-refractivity contribution in [2.75, 3.05) is 13.2 Å². The van der Waals surface area contributed by atoms with Crippen LogP contribution in [0.15, 0.2) is 0 Å². The number of carbonyl (C=O) groups excluding carboxylic acids is 2. The summed E-state index contributed by atoms with van der Waals surface area (Å²) in [6.07, 6.45) is -6.57. The number of aliphatic hydroxyl groups excluding tert-OH is 2. The molecule has 174 valence electrons. The molecule has 0 aromatic heterocycles. The third-order valence-corrected chi connectivity index (χ3v) is 8.10. The van der Waals surface area contributed by atoms with E-state index in [0.717, 1.165) is 4.90 Å². The van der Waals surface area contributed by atoms with Gasteiger partial charge >= 0.3 is 29.5 Å². The summed E-state index contributed by atoms with van der Waals surface area (Å²) in [6.45, 7) is -1.29. The summed E-state index contributed by atoms with van der Waals surface area (Å²) >= 11 is 2.99. The first-order valence-corrected chi connectivity index (χ1v) is 13.0. The normalized spacial score (nSPS) is 34.4. The van der Waals surface area contributed by atoms with E-state index in [2.05, 4.69) is 29.1 Å². The first-order valence-electron chi connectivity index (χ1n) is 7.57. The van der Waals surface area contributed by atoms with Crippen molar-refractivity contribution in [3.63, 3.8) is 0 Å². The van der Waals surface area contributed by atoms with Crippen molar-refractivity contribution < 1.29 is 71.0 Å². The summed E-state index contributed by atoms with van der Waals surface area (Å²) in [7, 11) is -16.8. The van der Waals surface area contributed by atoms with Gasteiger partial charge in [0.1, 0.15) is 23.1 Å². The van der Waals surface area contributed by atoms with Crippen LogP contribution in [-0.4, -0.2) is 89.1 Å². The summed E-state index contributed by atoms with van der Waals surface area (Å²) in [5.74, 6) is -0.645. The molecule has 0 aromatic carbocycles. The molecule has 0 aromatic rings. The number of hydrogen-bond acceptors (Lipinski definition) is 11. The monoisotopic (exact) mass is 564 g/mol. The van der Waals surface area contributed by atoms with Gasteiger partial charge in [0, 0.05) is 6.54 Å². The van der Waals surface area contributed by atoms with Crippen molar-refractivity contribution in [3.8, 4) is 0 Å². The van der Waals surface area contributed by atoms with Gasteiger partial charge in [-0.1, -0.05) is 15.9 Å². The summed E-state index contributed by atoms with van der Waals surface area (Å²) in [6, 6.07) is -0.944. The van der Waals surface area contributed by atoms with Gasteiger partial charge in [-0.2, -0.15) is 8.62 Å². The lowest BCUT2D eigenvalue weighted by molar-refractivity contribution is -0.124. The molecule has 3 amide bonds. The minimum absolute atomic E-state index is 0.248. The number of ether oxygens (including phenoxy) is 1. The Bertz CT molecular complexity index is 834. The molecule has 21 heteroatoms. The zero-order valence-corrected chi connectivity index (χ0v) is 18.6. The van der Waals surface area contributed by atoms with Crippen LogP contribution in [0.3, 0.4) is 0 Å². The molecular formula is C9H16BrN2O15P3. The molecule has 0 saturated carbocycles. The maximum absolute atomic E-state index is 11.9. The predicted octanol–water partition coefficient (Wildman–Crippen LogP) is -1.91. The molecule has 17 nitrogen and oxygen atoms in total. The number of halogens is 1. The van der Waals surface area contributed by atoms with E-state index in [1.165, 1.54) is 0 Å². The molecule has 7 N–H and O–H groups in total. The van der Waals surface area contributed by atoms with E-state index in [-0.39, 0.29) is 6.54 Å². The van der Waals surface area contributed by atoms with E-state index in [1.807, 2.05) is 5.32 Å². The lowest BCUT2D eigenvalue weighted by Crippen LogP contribution is -2.60. The fraction of sp³-hybridized carbons (Fsp3) is 0.778. The second-order valence-electron chi connectivity index (χ2n) is 5.85. The SMILES string of the molecule is O=C1NC(=O)N([C@@H]2O[C@H](COP(=O)(O)OP(=O)(O)OP(=O)(O)O)[C@@H](O)[C@H]2O)CC1Br. The molecule has 3 unspecified atom stereocenters. The van der Waals surface area contributed by atoms with Crippen molar-refractivity contribution >= 4 is 51.3 Å². The highest BCUT2D eigenvalue weighted by atomic mass is 79.9. The van der Waals surface area contributed by atoms with Crippen molar-refractivity contribution in [2.24, 2.45) is 0 Å². The van der Waals surface area contributed by atoms with Crippen LogP contribution in [0, 0.1) is 0 Å². The number of nitrogens with zero attached hydrogens (tertiary/aromatic N) is 1. The van der Waals surface area contributed by atoms with Gasteiger partial charge in [0.15, 0.2) is 6.23 Å². The highest BCUT2D eigenvalue weighted by molar-refractivity contribution is 9.10. The fourth-order valence-electron chi connectivity index (χ4n) is 2.41. The largest absolute Gasteiger partial charge is 0.490 e. The molecule has 2 aliphatic heterocycles. The van der Waals surface area contributed by atoms with E-state index in [1.54, 1.807) is 0 Å². The van der Waals surface area contributed by atoms with Crippen LogP contribution >= 0.6 is 39.4 Å². The molecule has 2 fully saturated rings. The Labute approximate surface area is 175 Å². The molecule has 0 bridgehead atoms. The highest BCUT2D eigenvalue weighted by Crippen LogP contribution is 2.66. The van der Waals surface area contributed by atoms with Crippen LogP contribution in [0.5, 0.6) is 0 Å². The summed E-state index contributed by atoms with van der Waals surface area (Å²) in [4.78, 5) is 58.7. The Morgan fingerprint density at radius 2 is 1.67 bits per heavy atom. The lowest BCUT2D eigenvalue weighted by Gasteiger charge is -2.34. The average molecular weight is 565 g/mol. The van der Waals surface area contributed by atoms with Gasteiger partial charge in [0.2, 0.25) is 5.91 Å². The topological polar surface area (TPSA) is 259 Å². The van der Waals surface area contributed by atoms with E-state index in [0.29, 0.717) is 0 Å². The van der Waals surface area contributed by atoms with E-state index < -0.39 is 71.4 Å². The van der Waals surface area contributed by atoms with Gasteiger partial charge < -0.3 is 34.5 Å². The molecule has 0 radical (unpaired) electrons. The zero-order valence-electron chi connectivity index (χ0n) is 14.3. The van der Waals surface area contributed by atoms with Gasteiger partial charge in [0.05, 0.1) is 6.61 Å². The van der Waals surface area contributed by atoms with Crippen LogP contribution in [-0.2, 0) is 36.4 Å². The number of hydrogen-bond donors (Lipinski definition) is 7. The number of phosphoric ester groups is 1. The zero-order chi connectivity index (χ0) is 23.1. The number of imide groups is 1. The number of aliphatic hydroxyl groups is 2. The predicted molar refractivity (Wildman–Crippen MR) is 93.5 cm³/mol. The third-order valence-electron chi connectivity index (χ3n) is 3.59. The number of urea groups is 1. The number of carbonyl (C=O) groups is 2. The first kappa shape index (κ1) is 26.0. The van der Waals surface area contributed by atoms with Crippen LogP contribution in [0.2, 0.25) is 0 Å². The number of alkyl halides is 1. The highest BCUT2D eigenvalue weighted by Gasteiger charge is 2.50. The summed E-state index contributed by atoms with van der Waals surface area (Å²) < 4.78 is 50.1. The molecule has 7 atom stereocenters. The van der Waals surface area contributed by atoms with Crippen LogP contribution in [0.25, 0.3) is 0 Å². The average Bonchev–Trinajstić information content (AvgIpc) is 2.81. The fourth-order valence-corrected chi connectivity index (χ4v) is 5.87. The van der Waals surface area contributed by atoms with Crippen molar-refractivity contribution in [3.05, 3.63) is 0 Å². The Morgan fingerprint density at radius 3 is 2.23 bits per heavy atom. The Morgan fingerprint density at radius 1 is 1.07 bits per heavy atom. The van der Waals surface area contributed by atoms with Crippen molar-refractivity contribution in [1.82, 2.24) is 10.2 Å². The lowest BCUT2D eigenvalue weighted by atomic mass is 10.1.